The first kappa shape index (κ1) is 23.0. The van der Waals surface area contributed by atoms with Crippen LogP contribution in [0.3, 0.4) is 0 Å². The topological polar surface area (TPSA) is 55.8 Å². The average Bonchev–Trinajstić information content (AvgIpc) is 2.70. The second kappa shape index (κ2) is 9.93. The molecular weight excluding hydrogens is 364 g/mol. The molecule has 4 heteroatoms. The fraction of sp³-hybridized carbons (Fsp3) is 0.480. The predicted molar refractivity (Wildman–Crippen MR) is 117 cm³/mol. The minimum absolute atomic E-state index is 0.137. The van der Waals surface area contributed by atoms with E-state index in [0.29, 0.717) is 18.6 Å². The van der Waals surface area contributed by atoms with Crippen LogP contribution in [0.5, 0.6) is 5.75 Å². The van der Waals surface area contributed by atoms with Gasteiger partial charge < -0.3 is 14.6 Å². The largest absolute Gasteiger partial charge is 0.493 e. The van der Waals surface area contributed by atoms with Crippen LogP contribution in [0.15, 0.2) is 36.4 Å². The van der Waals surface area contributed by atoms with Gasteiger partial charge in [0.2, 0.25) is 0 Å². The number of aliphatic hydroxyl groups is 1. The highest BCUT2D eigenvalue weighted by molar-refractivity contribution is 5.91. The Morgan fingerprint density at radius 3 is 2.10 bits per heavy atom. The van der Waals surface area contributed by atoms with Crippen molar-refractivity contribution in [2.45, 2.75) is 65.4 Å². The number of ether oxygens (including phenoxy) is 2. The summed E-state index contributed by atoms with van der Waals surface area (Å²) >= 11 is 0. The fourth-order valence-electron chi connectivity index (χ4n) is 3.98. The number of carbonyl (C=O) groups excluding carboxylic acids is 1. The zero-order valence-electron chi connectivity index (χ0n) is 18.5. The van der Waals surface area contributed by atoms with Crippen LogP contribution in [0.4, 0.5) is 0 Å². The molecule has 2 aromatic rings. The van der Waals surface area contributed by atoms with E-state index in [0.717, 1.165) is 29.7 Å². The minimum atomic E-state index is -0.362. The van der Waals surface area contributed by atoms with Crippen molar-refractivity contribution in [1.29, 1.82) is 0 Å². The molecule has 2 aromatic carbocycles. The molecule has 0 saturated carbocycles. The highest BCUT2D eigenvalue weighted by atomic mass is 16.5. The summed E-state index contributed by atoms with van der Waals surface area (Å²) in [7, 11) is 1.41. The van der Waals surface area contributed by atoms with Crippen molar-refractivity contribution in [3.63, 3.8) is 0 Å². The zero-order chi connectivity index (χ0) is 21.6. The first-order valence-electron chi connectivity index (χ1n) is 10.4. The maximum Gasteiger partial charge on any atom is 0.338 e. The van der Waals surface area contributed by atoms with Crippen molar-refractivity contribution >= 4 is 5.97 Å². The predicted octanol–water partition coefficient (Wildman–Crippen LogP) is 5.35. The normalized spacial score (nSPS) is 12.5. The van der Waals surface area contributed by atoms with Crippen LogP contribution in [-0.4, -0.2) is 30.9 Å². The van der Waals surface area contributed by atoms with Crippen LogP contribution in [0.1, 0.15) is 72.6 Å². The van der Waals surface area contributed by atoms with E-state index in [-0.39, 0.29) is 17.5 Å². The first-order valence-corrected chi connectivity index (χ1v) is 10.4. The summed E-state index contributed by atoms with van der Waals surface area (Å²) in [4.78, 5) is 12.0. The van der Waals surface area contributed by atoms with Crippen LogP contribution >= 0.6 is 0 Å². The van der Waals surface area contributed by atoms with Gasteiger partial charge in [-0.05, 0) is 68.0 Å². The highest BCUT2D eigenvalue weighted by Gasteiger charge is 2.31. The molecule has 0 saturated heterocycles. The molecule has 0 amide bonds. The summed E-state index contributed by atoms with van der Waals surface area (Å²) in [6.07, 6.45) is 2.14. The highest BCUT2D eigenvalue weighted by Crippen LogP contribution is 2.41. The Morgan fingerprint density at radius 2 is 1.62 bits per heavy atom. The lowest BCUT2D eigenvalue weighted by Gasteiger charge is -2.34. The third-order valence-corrected chi connectivity index (χ3v) is 5.91. The monoisotopic (exact) mass is 398 g/mol. The molecule has 0 aromatic heterocycles. The molecule has 0 aliphatic rings. The molecule has 1 N–H and O–H groups in total. The number of aryl methyl sites for hydroxylation is 2. The SMILES string of the molecule is CCC(CC)(c1ccc(OCCC(C)O)c(C)c1)c1ccc(C(=O)OC)c(C)c1. The van der Waals surface area contributed by atoms with E-state index in [1.807, 2.05) is 19.1 Å². The van der Waals surface area contributed by atoms with Crippen molar-refractivity contribution in [3.05, 3.63) is 64.2 Å². The Bertz CT molecular complexity index is 835. The number of methoxy groups -OCH3 is 1. The van der Waals surface area contributed by atoms with Gasteiger partial charge in [-0.3, -0.25) is 0 Å². The molecule has 158 valence electrons. The van der Waals surface area contributed by atoms with E-state index in [1.165, 1.54) is 18.2 Å². The maximum absolute atomic E-state index is 12.0. The lowest BCUT2D eigenvalue weighted by molar-refractivity contribution is 0.0600. The standard InChI is InChI=1S/C25H34O4/c1-7-25(8-2,20-9-11-22(17(3)15-20)24(27)28-6)21-10-12-23(18(4)16-21)29-14-13-19(5)26/h9-12,15-16,19,26H,7-8,13-14H2,1-6H3. The van der Waals surface area contributed by atoms with Crippen molar-refractivity contribution in [2.75, 3.05) is 13.7 Å². The Hall–Kier alpha value is -2.33. The Balaban J connectivity index is 2.41. The number of aliphatic hydroxyl groups excluding tert-OH is 1. The Labute approximate surface area is 174 Å². The molecule has 0 aliphatic carbocycles. The molecule has 4 nitrogen and oxygen atoms in total. The molecule has 2 rings (SSSR count). The van der Waals surface area contributed by atoms with Crippen molar-refractivity contribution in [3.8, 4) is 5.75 Å². The quantitative estimate of drug-likeness (QED) is 0.579. The van der Waals surface area contributed by atoms with Gasteiger partial charge in [-0.2, -0.15) is 0 Å². The Morgan fingerprint density at radius 1 is 1.03 bits per heavy atom. The molecule has 1 atom stereocenters. The van der Waals surface area contributed by atoms with Gasteiger partial charge in [0.15, 0.2) is 0 Å². The van der Waals surface area contributed by atoms with Crippen LogP contribution in [0.25, 0.3) is 0 Å². The van der Waals surface area contributed by atoms with Crippen molar-refractivity contribution < 1.29 is 19.4 Å². The molecule has 0 heterocycles. The number of hydrogen-bond donors (Lipinski definition) is 1. The summed E-state index contributed by atoms with van der Waals surface area (Å²) in [5.41, 5.74) is 4.93. The van der Waals surface area contributed by atoms with E-state index in [9.17, 15) is 9.90 Å². The number of hydrogen-bond acceptors (Lipinski definition) is 4. The molecule has 0 spiro atoms. The first-order chi connectivity index (χ1) is 13.8. The summed E-state index contributed by atoms with van der Waals surface area (Å²) in [5, 5.41) is 9.42. The smallest absolute Gasteiger partial charge is 0.338 e. The molecule has 0 fully saturated rings. The number of benzene rings is 2. The van der Waals surface area contributed by atoms with Gasteiger partial charge in [-0.1, -0.05) is 38.1 Å². The molecule has 1 unspecified atom stereocenters. The van der Waals surface area contributed by atoms with Gasteiger partial charge in [-0.15, -0.1) is 0 Å². The minimum Gasteiger partial charge on any atom is -0.493 e. The lowest BCUT2D eigenvalue weighted by atomic mass is 9.70. The van der Waals surface area contributed by atoms with E-state index in [1.54, 1.807) is 6.92 Å². The zero-order valence-corrected chi connectivity index (χ0v) is 18.5. The van der Waals surface area contributed by atoms with Gasteiger partial charge in [-0.25, -0.2) is 4.79 Å². The van der Waals surface area contributed by atoms with Crippen LogP contribution < -0.4 is 4.74 Å². The fourth-order valence-corrected chi connectivity index (χ4v) is 3.98. The molecule has 0 aliphatic heterocycles. The van der Waals surface area contributed by atoms with Gasteiger partial charge in [0.05, 0.1) is 25.4 Å². The summed E-state index contributed by atoms with van der Waals surface area (Å²) in [6.45, 7) is 10.7. The summed E-state index contributed by atoms with van der Waals surface area (Å²) < 4.78 is 10.7. The van der Waals surface area contributed by atoms with Gasteiger partial charge in [0.1, 0.15) is 5.75 Å². The lowest BCUT2D eigenvalue weighted by Crippen LogP contribution is -2.26. The average molecular weight is 399 g/mol. The van der Waals surface area contributed by atoms with Gasteiger partial charge in [0, 0.05) is 11.8 Å². The van der Waals surface area contributed by atoms with Gasteiger partial charge in [0.25, 0.3) is 0 Å². The summed E-state index contributed by atoms with van der Waals surface area (Å²) in [6, 6.07) is 12.4. The number of carbonyl (C=O) groups is 1. The van der Waals surface area contributed by atoms with E-state index >= 15 is 0 Å². The molecule has 0 bridgehead atoms. The maximum atomic E-state index is 12.0. The van der Waals surface area contributed by atoms with E-state index < -0.39 is 0 Å². The Kier molecular flexibility index (Phi) is 7.86. The third-order valence-electron chi connectivity index (χ3n) is 5.91. The van der Waals surface area contributed by atoms with Crippen LogP contribution in [0.2, 0.25) is 0 Å². The number of esters is 1. The van der Waals surface area contributed by atoms with Crippen LogP contribution in [0, 0.1) is 13.8 Å². The second-order valence-corrected chi connectivity index (χ2v) is 7.78. The molecule has 29 heavy (non-hydrogen) atoms. The van der Waals surface area contributed by atoms with Crippen molar-refractivity contribution in [2.24, 2.45) is 0 Å². The molecular formula is C25H34O4. The van der Waals surface area contributed by atoms with E-state index in [2.05, 4.69) is 45.0 Å². The van der Waals surface area contributed by atoms with Crippen molar-refractivity contribution in [1.82, 2.24) is 0 Å². The second-order valence-electron chi connectivity index (χ2n) is 7.78. The van der Waals surface area contributed by atoms with Crippen LogP contribution in [-0.2, 0) is 10.2 Å². The number of rotatable bonds is 9. The van der Waals surface area contributed by atoms with Gasteiger partial charge >= 0.3 is 5.97 Å². The molecule has 0 radical (unpaired) electrons. The summed E-state index contributed by atoms with van der Waals surface area (Å²) in [5.74, 6) is 0.551. The third kappa shape index (κ3) is 4.99. The van der Waals surface area contributed by atoms with E-state index in [4.69, 9.17) is 9.47 Å².